The Kier molecular flexibility index (Phi) is 6.38. The summed E-state index contributed by atoms with van der Waals surface area (Å²) in [6.45, 7) is 0. The number of hydrogen-bond acceptors (Lipinski definition) is 4. The summed E-state index contributed by atoms with van der Waals surface area (Å²) >= 11 is 0.0868. The average molecular weight is 195 g/mol. The zero-order valence-electron chi connectivity index (χ0n) is 3.12. The number of hydrogen-bond donors (Lipinski definition) is 0. The predicted molar refractivity (Wildman–Crippen MR) is 32.2 cm³/mol. The van der Waals surface area contributed by atoms with E-state index < -0.39 is 0 Å². The Morgan fingerprint density at radius 2 is 1.57 bits per heavy atom. The molecule has 36 valence electrons. The summed E-state index contributed by atoms with van der Waals surface area (Å²) in [6.07, 6.45) is 0. The van der Waals surface area contributed by atoms with Crippen molar-refractivity contribution in [3.8, 4) is 10.8 Å². The molecule has 0 amide bonds. The van der Waals surface area contributed by atoms with Crippen molar-refractivity contribution in [3.63, 3.8) is 0 Å². The van der Waals surface area contributed by atoms with Gasteiger partial charge in [-0.3, -0.25) is 0 Å². The van der Waals surface area contributed by atoms with E-state index in [4.69, 9.17) is 10.5 Å². The topological polar surface area (TPSA) is 47.6 Å². The molecule has 0 N–H and O–H groups in total. The fraction of sp³-hybridized carbons (Fsp3) is 0. The molecule has 0 aromatic heterocycles. The molecule has 0 saturated carbocycles. The summed E-state index contributed by atoms with van der Waals surface area (Å²) in [5.74, 6) is 0. The van der Waals surface area contributed by atoms with Crippen molar-refractivity contribution >= 4 is 33.1 Å². The van der Waals surface area contributed by atoms with E-state index in [1.54, 1.807) is 0 Å². The van der Waals surface area contributed by atoms with E-state index in [1.807, 2.05) is 10.8 Å². The van der Waals surface area contributed by atoms with Crippen molar-refractivity contribution in [2.75, 3.05) is 0 Å². The van der Waals surface area contributed by atoms with Crippen LogP contribution in [0.15, 0.2) is 0 Å². The number of thiocyanates is 2. The van der Waals surface area contributed by atoms with Gasteiger partial charge in [0.15, 0.2) is 0 Å². The van der Waals surface area contributed by atoms with Crippen LogP contribution in [0.4, 0.5) is 0 Å². The minimum atomic E-state index is 0.0868. The van der Waals surface area contributed by atoms with Crippen LogP contribution in [0.25, 0.3) is 0 Å². The molecule has 0 saturated heterocycles. The van der Waals surface area contributed by atoms with Crippen LogP contribution >= 0.6 is 20.4 Å². The Balaban J connectivity index is 2.77. The molecular weight excluding hydrogens is 195 g/mol. The molecule has 0 spiro atoms. The molecule has 0 atom stereocenters. The van der Waals surface area contributed by atoms with Gasteiger partial charge in [-0.05, 0) is 0 Å². The van der Waals surface area contributed by atoms with Crippen molar-refractivity contribution < 1.29 is 0 Å². The Labute approximate surface area is 54.6 Å². The average Bonchev–Trinajstić information content (AvgIpc) is 1.69. The Hall–Kier alpha value is 0.199. The third-order valence-corrected chi connectivity index (χ3v) is 4.34. The maximum absolute atomic E-state index is 7.90. The molecule has 0 aromatic carbocycles. The first kappa shape index (κ1) is 7.20. The van der Waals surface area contributed by atoms with Crippen molar-refractivity contribution in [2.45, 2.75) is 0 Å². The summed E-state index contributed by atoms with van der Waals surface area (Å²) in [4.78, 5) is 0. The van der Waals surface area contributed by atoms with Crippen molar-refractivity contribution in [1.82, 2.24) is 0 Å². The first-order chi connectivity index (χ1) is 3.41. The molecule has 0 unspecified atom stereocenters. The van der Waals surface area contributed by atoms with Gasteiger partial charge in [-0.1, -0.05) is 0 Å². The molecule has 0 rings (SSSR count). The SMILES string of the molecule is N#CS[Se]SC#N. The summed E-state index contributed by atoms with van der Waals surface area (Å²) in [6, 6.07) is 0. The van der Waals surface area contributed by atoms with E-state index in [0.717, 1.165) is 20.4 Å². The number of nitrogens with zero attached hydrogens (tertiary/aromatic N) is 2. The van der Waals surface area contributed by atoms with E-state index in [-0.39, 0.29) is 12.7 Å². The molecule has 0 aliphatic rings. The van der Waals surface area contributed by atoms with Gasteiger partial charge in [0.25, 0.3) is 0 Å². The number of rotatable bonds is 2. The molecular formula is C2N2S2Se. The second-order valence-corrected chi connectivity index (χ2v) is 6.33. The molecule has 0 bridgehead atoms. The van der Waals surface area contributed by atoms with Crippen LogP contribution < -0.4 is 0 Å². The second kappa shape index (κ2) is 6.20. The van der Waals surface area contributed by atoms with Gasteiger partial charge in [0.2, 0.25) is 0 Å². The zero-order chi connectivity index (χ0) is 5.54. The van der Waals surface area contributed by atoms with Gasteiger partial charge in [-0.15, -0.1) is 0 Å². The van der Waals surface area contributed by atoms with E-state index in [9.17, 15) is 0 Å². The quantitative estimate of drug-likeness (QED) is 0.374. The van der Waals surface area contributed by atoms with Crippen LogP contribution in [0.5, 0.6) is 0 Å². The van der Waals surface area contributed by atoms with Gasteiger partial charge in [-0.25, -0.2) is 0 Å². The molecule has 0 radical (unpaired) electrons. The molecule has 0 aliphatic heterocycles. The van der Waals surface area contributed by atoms with Crippen LogP contribution in [0.2, 0.25) is 0 Å². The van der Waals surface area contributed by atoms with Gasteiger partial charge < -0.3 is 0 Å². The van der Waals surface area contributed by atoms with Crippen LogP contribution in [-0.2, 0) is 0 Å². The summed E-state index contributed by atoms with van der Waals surface area (Å²) in [5.41, 5.74) is 0. The van der Waals surface area contributed by atoms with E-state index in [2.05, 4.69) is 0 Å². The predicted octanol–water partition coefficient (Wildman–Crippen LogP) is 0.949. The van der Waals surface area contributed by atoms with Crippen molar-refractivity contribution in [1.29, 1.82) is 10.5 Å². The normalized spacial score (nSPS) is 6.57. The van der Waals surface area contributed by atoms with Crippen LogP contribution in [0, 0.1) is 21.3 Å². The molecule has 0 fully saturated rings. The zero-order valence-corrected chi connectivity index (χ0v) is 6.47. The fourth-order valence-corrected chi connectivity index (χ4v) is 2.22. The van der Waals surface area contributed by atoms with Gasteiger partial charge in [0.05, 0.1) is 0 Å². The first-order valence-electron chi connectivity index (χ1n) is 1.19. The van der Waals surface area contributed by atoms with E-state index in [0.29, 0.717) is 0 Å². The number of nitriles is 2. The van der Waals surface area contributed by atoms with Crippen LogP contribution in [0.3, 0.4) is 0 Å². The first-order valence-corrected chi connectivity index (χ1v) is 6.87. The van der Waals surface area contributed by atoms with Crippen LogP contribution in [-0.4, -0.2) is 12.7 Å². The summed E-state index contributed by atoms with van der Waals surface area (Å²) in [7, 11) is 2.28. The Morgan fingerprint density at radius 3 is 1.86 bits per heavy atom. The van der Waals surface area contributed by atoms with E-state index >= 15 is 0 Å². The summed E-state index contributed by atoms with van der Waals surface area (Å²) in [5, 5.41) is 19.5. The molecule has 0 heterocycles. The summed E-state index contributed by atoms with van der Waals surface area (Å²) < 4.78 is 0. The fourth-order valence-electron chi connectivity index (χ4n) is 0.0474. The minimum absolute atomic E-state index is 0.0868. The Morgan fingerprint density at radius 1 is 1.14 bits per heavy atom. The molecule has 7 heavy (non-hydrogen) atoms. The molecule has 0 aliphatic carbocycles. The van der Waals surface area contributed by atoms with Gasteiger partial charge in [-0.2, -0.15) is 0 Å². The van der Waals surface area contributed by atoms with Crippen molar-refractivity contribution in [2.24, 2.45) is 0 Å². The van der Waals surface area contributed by atoms with Crippen molar-refractivity contribution in [3.05, 3.63) is 0 Å². The maximum atomic E-state index is 7.90. The third-order valence-electron chi connectivity index (χ3n) is 0.143. The Bertz CT molecular complexity index is 97.8. The molecule has 0 aromatic rings. The van der Waals surface area contributed by atoms with E-state index in [1.165, 1.54) is 0 Å². The van der Waals surface area contributed by atoms with Gasteiger partial charge in [0.1, 0.15) is 0 Å². The second-order valence-electron chi connectivity index (χ2n) is 0.417. The third kappa shape index (κ3) is 6.20. The molecule has 2 nitrogen and oxygen atoms in total. The molecule has 5 heteroatoms. The van der Waals surface area contributed by atoms with Gasteiger partial charge in [0, 0.05) is 0 Å². The van der Waals surface area contributed by atoms with Crippen LogP contribution in [0.1, 0.15) is 0 Å². The standard InChI is InChI=1S/C2N2S2Se/c3-1-5-7-6-2-4. The monoisotopic (exact) mass is 196 g/mol. The van der Waals surface area contributed by atoms with Gasteiger partial charge >= 0.3 is 54.4 Å².